The fourth-order valence-corrected chi connectivity index (χ4v) is 3.28. The molecule has 0 saturated carbocycles. The molecule has 0 amide bonds. The van der Waals surface area contributed by atoms with Gasteiger partial charge in [0.1, 0.15) is 5.51 Å². The van der Waals surface area contributed by atoms with E-state index in [1.807, 2.05) is 45.2 Å². The summed E-state index contributed by atoms with van der Waals surface area (Å²) >= 11 is 1.51. The Morgan fingerprint density at radius 2 is 2.00 bits per heavy atom. The van der Waals surface area contributed by atoms with Gasteiger partial charge in [-0.1, -0.05) is 11.3 Å². The van der Waals surface area contributed by atoms with E-state index in [1.165, 1.54) is 11.3 Å². The quantitative estimate of drug-likeness (QED) is 0.607. The van der Waals surface area contributed by atoms with Crippen molar-refractivity contribution in [2.45, 2.75) is 26.8 Å². The Labute approximate surface area is 148 Å². The van der Waals surface area contributed by atoms with Crippen LogP contribution in [0.1, 0.15) is 30.0 Å². The average molecular weight is 351 g/mol. The number of hydrogen-bond donors (Lipinski definition) is 1. The zero-order valence-electron chi connectivity index (χ0n) is 14.1. The molecule has 0 aliphatic rings. The molecule has 0 saturated heterocycles. The number of pyridine rings is 1. The molecule has 8 heteroatoms. The summed E-state index contributed by atoms with van der Waals surface area (Å²) in [7, 11) is 0. The van der Waals surface area contributed by atoms with Gasteiger partial charge in [-0.2, -0.15) is 5.10 Å². The van der Waals surface area contributed by atoms with Gasteiger partial charge in [-0.05, 0) is 39.0 Å². The number of nitrogens with zero attached hydrogens (tertiary/aromatic N) is 6. The van der Waals surface area contributed by atoms with E-state index in [9.17, 15) is 0 Å². The topological polar surface area (TPSA) is 80.9 Å². The summed E-state index contributed by atoms with van der Waals surface area (Å²) in [5, 5.41) is 7.51. The molecule has 4 rings (SSSR count). The lowest BCUT2D eigenvalue weighted by atomic mass is 10.1. The number of aromatic nitrogens is 6. The van der Waals surface area contributed by atoms with E-state index in [2.05, 4.69) is 30.4 Å². The molecule has 0 aliphatic carbocycles. The third-order valence-electron chi connectivity index (χ3n) is 3.95. The highest BCUT2D eigenvalue weighted by molar-refractivity contribution is 7.14. The van der Waals surface area contributed by atoms with Crippen molar-refractivity contribution >= 4 is 22.2 Å². The van der Waals surface area contributed by atoms with Gasteiger partial charge >= 0.3 is 0 Å². The van der Waals surface area contributed by atoms with Crippen LogP contribution in [0.3, 0.4) is 0 Å². The summed E-state index contributed by atoms with van der Waals surface area (Å²) in [5.74, 6) is 0.564. The number of nitrogens with one attached hydrogen (secondary N) is 1. The molecule has 0 fully saturated rings. The molecule has 0 spiro atoms. The molecule has 1 N–H and O–H groups in total. The van der Waals surface area contributed by atoms with Crippen LogP contribution in [0, 0.1) is 13.8 Å². The molecule has 0 aliphatic heterocycles. The minimum atomic E-state index is -0.0265. The third kappa shape index (κ3) is 3.08. The van der Waals surface area contributed by atoms with E-state index in [0.29, 0.717) is 5.95 Å². The number of rotatable bonds is 4. The van der Waals surface area contributed by atoms with Crippen molar-refractivity contribution < 1.29 is 0 Å². The zero-order chi connectivity index (χ0) is 17.4. The molecule has 0 bridgehead atoms. The van der Waals surface area contributed by atoms with E-state index >= 15 is 0 Å². The lowest BCUT2D eigenvalue weighted by Crippen LogP contribution is -2.10. The number of aryl methyl sites for hydroxylation is 2. The highest BCUT2D eigenvalue weighted by Gasteiger charge is 2.13. The van der Waals surface area contributed by atoms with Gasteiger partial charge in [0, 0.05) is 23.1 Å². The van der Waals surface area contributed by atoms with Gasteiger partial charge in [0.25, 0.3) is 0 Å². The molecular weight excluding hydrogens is 334 g/mol. The van der Waals surface area contributed by atoms with Gasteiger partial charge < -0.3 is 5.32 Å². The van der Waals surface area contributed by atoms with E-state index < -0.39 is 0 Å². The van der Waals surface area contributed by atoms with E-state index in [1.54, 1.807) is 16.2 Å². The SMILES string of the molecule is Cc1ccc(-c2ccnc(N[C@H](C)c3cn4ncsc4n3)n2)c(C)n1. The zero-order valence-corrected chi connectivity index (χ0v) is 14.9. The van der Waals surface area contributed by atoms with Crippen molar-refractivity contribution in [3.05, 3.63) is 53.2 Å². The normalized spacial score (nSPS) is 12.4. The summed E-state index contributed by atoms with van der Waals surface area (Å²) in [6.07, 6.45) is 3.67. The van der Waals surface area contributed by atoms with Crippen LogP contribution < -0.4 is 5.32 Å². The van der Waals surface area contributed by atoms with Crippen molar-refractivity contribution in [1.82, 2.24) is 29.5 Å². The lowest BCUT2D eigenvalue weighted by Gasteiger charge is -2.12. The van der Waals surface area contributed by atoms with Crippen molar-refractivity contribution in [1.29, 1.82) is 0 Å². The standard InChI is InChI=1S/C17H17N7S/c1-10-4-5-13(11(2)20-10)14-6-7-18-16(22-14)21-12(3)15-8-24-17(23-15)25-9-19-24/h4-9,12H,1-3H3,(H,18,21,22)/t12-/m1/s1. The molecule has 126 valence electrons. The Hall–Kier alpha value is -2.87. The summed E-state index contributed by atoms with van der Waals surface area (Å²) < 4.78 is 1.77. The molecule has 0 unspecified atom stereocenters. The second-order valence-corrected chi connectivity index (χ2v) is 6.66. The first-order chi connectivity index (χ1) is 12.1. The Balaban J connectivity index is 1.59. The highest BCUT2D eigenvalue weighted by Crippen LogP contribution is 2.23. The largest absolute Gasteiger partial charge is 0.346 e. The Bertz CT molecular complexity index is 1010. The first-order valence-electron chi connectivity index (χ1n) is 7.93. The number of imidazole rings is 1. The molecule has 1 atom stereocenters. The Morgan fingerprint density at radius 1 is 1.12 bits per heavy atom. The minimum absolute atomic E-state index is 0.0265. The fourth-order valence-electron chi connectivity index (χ4n) is 2.67. The molecule has 4 aromatic heterocycles. The van der Waals surface area contributed by atoms with Crippen LogP contribution in [0.2, 0.25) is 0 Å². The number of anilines is 1. The van der Waals surface area contributed by atoms with Gasteiger partial charge in [-0.3, -0.25) is 4.98 Å². The van der Waals surface area contributed by atoms with Crippen LogP contribution in [0.25, 0.3) is 16.2 Å². The van der Waals surface area contributed by atoms with Gasteiger partial charge in [0.2, 0.25) is 10.9 Å². The predicted molar refractivity (Wildman–Crippen MR) is 97.6 cm³/mol. The van der Waals surface area contributed by atoms with Crippen molar-refractivity contribution in [3.8, 4) is 11.3 Å². The van der Waals surface area contributed by atoms with Crippen LogP contribution in [0.4, 0.5) is 5.95 Å². The number of fused-ring (bicyclic) bond motifs is 1. The van der Waals surface area contributed by atoms with Gasteiger partial charge in [0.05, 0.1) is 23.6 Å². The molecule has 0 radical (unpaired) electrons. The summed E-state index contributed by atoms with van der Waals surface area (Å²) in [6.45, 7) is 6.00. The maximum atomic E-state index is 4.63. The van der Waals surface area contributed by atoms with Gasteiger partial charge in [-0.15, -0.1) is 0 Å². The fraction of sp³-hybridized carbons (Fsp3) is 0.235. The van der Waals surface area contributed by atoms with Crippen LogP contribution in [0.15, 0.2) is 36.1 Å². The minimum Gasteiger partial charge on any atom is -0.346 e. The summed E-state index contributed by atoms with van der Waals surface area (Å²) in [6, 6.07) is 5.90. The summed E-state index contributed by atoms with van der Waals surface area (Å²) in [5.41, 5.74) is 6.49. The molecule has 4 aromatic rings. The molecule has 0 aromatic carbocycles. The van der Waals surface area contributed by atoms with Gasteiger partial charge in [0.15, 0.2) is 0 Å². The lowest BCUT2D eigenvalue weighted by molar-refractivity contribution is 0.828. The molecule has 7 nitrogen and oxygen atoms in total. The first kappa shape index (κ1) is 15.6. The molecule has 25 heavy (non-hydrogen) atoms. The predicted octanol–water partition coefficient (Wildman–Crippen LogP) is 3.43. The third-order valence-corrected chi connectivity index (χ3v) is 4.64. The molecular formula is C17H17N7S. The maximum Gasteiger partial charge on any atom is 0.223 e. The average Bonchev–Trinajstić information content (AvgIpc) is 3.16. The van der Waals surface area contributed by atoms with Crippen molar-refractivity contribution in [2.24, 2.45) is 0 Å². The van der Waals surface area contributed by atoms with E-state index in [-0.39, 0.29) is 6.04 Å². The second kappa shape index (κ2) is 6.21. The van der Waals surface area contributed by atoms with E-state index in [0.717, 1.165) is 33.3 Å². The Kier molecular flexibility index (Phi) is 3.89. The van der Waals surface area contributed by atoms with Crippen LogP contribution in [-0.2, 0) is 0 Å². The van der Waals surface area contributed by atoms with Crippen molar-refractivity contribution in [3.63, 3.8) is 0 Å². The number of hydrogen-bond acceptors (Lipinski definition) is 7. The second-order valence-electron chi connectivity index (χ2n) is 5.85. The highest BCUT2D eigenvalue weighted by atomic mass is 32.1. The van der Waals surface area contributed by atoms with Crippen LogP contribution in [0.5, 0.6) is 0 Å². The molecule has 4 heterocycles. The van der Waals surface area contributed by atoms with Crippen LogP contribution in [-0.4, -0.2) is 29.5 Å². The van der Waals surface area contributed by atoms with Gasteiger partial charge in [-0.25, -0.2) is 19.5 Å². The maximum absolute atomic E-state index is 4.63. The smallest absolute Gasteiger partial charge is 0.223 e. The Morgan fingerprint density at radius 3 is 2.80 bits per heavy atom. The first-order valence-corrected chi connectivity index (χ1v) is 8.81. The van der Waals surface area contributed by atoms with E-state index in [4.69, 9.17) is 0 Å². The monoisotopic (exact) mass is 351 g/mol. The van der Waals surface area contributed by atoms with Crippen LogP contribution >= 0.6 is 11.3 Å². The van der Waals surface area contributed by atoms with Crippen molar-refractivity contribution in [2.75, 3.05) is 5.32 Å². The summed E-state index contributed by atoms with van der Waals surface area (Å²) in [4.78, 5) is 18.9.